The van der Waals surface area contributed by atoms with Gasteiger partial charge in [-0.2, -0.15) is 0 Å². The van der Waals surface area contributed by atoms with Crippen molar-refractivity contribution in [2.45, 2.75) is 134 Å². The maximum atomic E-state index is 14.1. The number of ether oxygens (including phenoxy) is 1. The monoisotopic (exact) mass is 848 g/mol. The molecule has 326 valence electrons. The zero-order chi connectivity index (χ0) is 42.9. The highest BCUT2D eigenvalue weighted by atomic mass is 28.4. The highest BCUT2D eigenvalue weighted by Crippen LogP contribution is 2.43. The molecule has 0 unspecified atom stereocenters. The average molecular weight is 849 g/mol. The van der Waals surface area contributed by atoms with Gasteiger partial charge in [0.15, 0.2) is 13.9 Å². The van der Waals surface area contributed by atoms with E-state index in [1.807, 2.05) is 24.3 Å². The third-order valence-corrected chi connectivity index (χ3v) is 18.9. The number of piperidine rings is 3. The number of aromatic hydroxyl groups is 1. The van der Waals surface area contributed by atoms with Crippen LogP contribution in [0.1, 0.15) is 107 Å². The topological polar surface area (TPSA) is 139 Å². The van der Waals surface area contributed by atoms with Crippen molar-refractivity contribution in [1.82, 2.24) is 19.8 Å². The van der Waals surface area contributed by atoms with Gasteiger partial charge in [0.25, 0.3) is 0 Å². The maximum Gasteiger partial charge on any atom is 0.419 e. The van der Waals surface area contributed by atoms with Gasteiger partial charge in [-0.15, -0.1) is 0 Å². The SMILES string of the molecule is CC(C)(C)[Si](C)(C)O[C@@H](CNCc1ccc2c(c1)oc(=O)n2CCCCc1cccc(C2(C(=O)O[C@@H]3CN4CCC3CC4)CCCCC2)c1)c1ccc(O)c2[nH]c(=O)ccc12. The van der Waals surface area contributed by atoms with E-state index in [1.54, 1.807) is 16.7 Å². The first-order valence-corrected chi connectivity index (χ1v) is 25.5. The molecule has 12 heteroatoms. The summed E-state index contributed by atoms with van der Waals surface area (Å²) in [6.07, 6.45) is 9.43. The van der Waals surface area contributed by atoms with Gasteiger partial charge in [-0.3, -0.25) is 19.1 Å². The van der Waals surface area contributed by atoms with Crippen LogP contribution in [-0.2, 0) is 38.9 Å². The Kier molecular flexibility index (Phi) is 12.5. The number of oxazole rings is 1. The van der Waals surface area contributed by atoms with Crippen molar-refractivity contribution >= 4 is 36.3 Å². The molecule has 5 aromatic rings. The summed E-state index contributed by atoms with van der Waals surface area (Å²) >= 11 is 0. The fourth-order valence-corrected chi connectivity index (χ4v) is 11.0. The van der Waals surface area contributed by atoms with Crippen LogP contribution in [0.5, 0.6) is 5.75 Å². The van der Waals surface area contributed by atoms with Gasteiger partial charge in [0.1, 0.15) is 11.9 Å². The summed E-state index contributed by atoms with van der Waals surface area (Å²) in [6, 6.07) is 21.3. The molecule has 0 spiro atoms. The van der Waals surface area contributed by atoms with Gasteiger partial charge >= 0.3 is 11.7 Å². The standard InChI is InChI=1S/C49H64N4O7Si/c1-48(2,3)61(4,5)60-42(37-16-19-40(54)45-38(37)17-20-44(55)51-45)31-50-30-34-15-18-39-41(29-34)59-47(57)53(39)25-10-7-12-33-13-11-14-36(28-33)49(23-8-6-9-24-49)46(56)58-43-32-52-26-21-35(43)22-27-52/h11,13-20,28-29,35,42-43,50,54H,6-10,12,21-27,30-32H2,1-5H3,(H,51,55)/t42-,43+/m0/s1. The van der Waals surface area contributed by atoms with Crippen LogP contribution in [0.15, 0.2) is 80.7 Å². The predicted octanol–water partition coefficient (Wildman–Crippen LogP) is 8.86. The number of hydrogen-bond acceptors (Lipinski definition) is 9. The molecular weight excluding hydrogens is 785 g/mol. The molecule has 9 rings (SSSR count). The number of phenols is 1. The van der Waals surface area contributed by atoms with Crippen LogP contribution < -0.4 is 16.6 Å². The van der Waals surface area contributed by atoms with E-state index in [4.69, 9.17) is 13.6 Å². The second-order valence-electron chi connectivity index (χ2n) is 19.5. The number of phenolic OH excluding ortho intramolecular Hbond substituents is 1. The maximum absolute atomic E-state index is 14.1. The molecule has 2 aromatic heterocycles. The highest BCUT2D eigenvalue weighted by molar-refractivity contribution is 6.74. The van der Waals surface area contributed by atoms with Gasteiger partial charge in [0, 0.05) is 37.6 Å². The Morgan fingerprint density at radius 1 is 0.984 bits per heavy atom. The van der Waals surface area contributed by atoms with Crippen LogP contribution in [0.2, 0.25) is 18.1 Å². The minimum atomic E-state index is -2.24. The summed E-state index contributed by atoms with van der Waals surface area (Å²) in [4.78, 5) is 44.6. The Labute approximate surface area is 360 Å². The van der Waals surface area contributed by atoms with Crippen LogP contribution in [-0.4, -0.2) is 66.1 Å². The minimum absolute atomic E-state index is 0.0161. The molecule has 3 saturated heterocycles. The van der Waals surface area contributed by atoms with E-state index in [0.717, 1.165) is 111 Å². The highest BCUT2D eigenvalue weighted by Gasteiger charge is 2.46. The lowest BCUT2D eigenvalue weighted by Crippen LogP contribution is -2.53. The van der Waals surface area contributed by atoms with E-state index in [1.165, 1.54) is 11.6 Å². The summed E-state index contributed by atoms with van der Waals surface area (Å²) in [5.41, 5.74) is 5.06. The smallest absolute Gasteiger partial charge is 0.419 e. The molecule has 61 heavy (non-hydrogen) atoms. The number of carbonyl (C=O) groups excluding carboxylic acids is 1. The van der Waals surface area contributed by atoms with Crippen LogP contribution in [0.4, 0.5) is 0 Å². The van der Waals surface area contributed by atoms with Gasteiger partial charge < -0.3 is 29.0 Å². The Hall–Kier alpha value is -4.49. The third-order valence-electron chi connectivity index (χ3n) is 14.4. The third kappa shape index (κ3) is 9.19. The molecule has 11 nitrogen and oxygen atoms in total. The lowest BCUT2D eigenvalue weighted by atomic mass is 9.69. The molecule has 3 N–H and O–H groups in total. The number of benzene rings is 3. The summed E-state index contributed by atoms with van der Waals surface area (Å²) < 4.78 is 20.9. The van der Waals surface area contributed by atoms with E-state index in [2.05, 4.69) is 73.3 Å². The number of esters is 1. The van der Waals surface area contributed by atoms with Crippen molar-refractivity contribution in [2.75, 3.05) is 26.2 Å². The number of hydrogen-bond donors (Lipinski definition) is 3. The first-order valence-electron chi connectivity index (χ1n) is 22.6. The van der Waals surface area contributed by atoms with E-state index in [-0.39, 0.29) is 40.3 Å². The number of aryl methyl sites for hydroxylation is 2. The van der Waals surface area contributed by atoms with Crippen LogP contribution in [0.25, 0.3) is 22.0 Å². The molecule has 1 aliphatic carbocycles. The molecule has 4 fully saturated rings. The number of H-pyrrole nitrogens is 1. The number of fused-ring (bicyclic) bond motifs is 5. The molecule has 0 radical (unpaired) electrons. The van der Waals surface area contributed by atoms with E-state index in [9.17, 15) is 19.5 Å². The molecule has 5 heterocycles. The molecule has 3 aliphatic heterocycles. The lowest BCUT2D eigenvalue weighted by molar-refractivity contribution is -0.167. The summed E-state index contributed by atoms with van der Waals surface area (Å²) in [5.74, 6) is 0.134. The van der Waals surface area contributed by atoms with E-state index in [0.29, 0.717) is 36.7 Å². The van der Waals surface area contributed by atoms with Gasteiger partial charge in [0.05, 0.1) is 22.6 Å². The van der Waals surface area contributed by atoms with Crippen molar-refractivity contribution in [3.8, 4) is 5.75 Å². The predicted molar refractivity (Wildman–Crippen MR) is 243 cm³/mol. The quantitative estimate of drug-likeness (QED) is 0.0536. The fourth-order valence-electron chi connectivity index (χ4n) is 9.75. The molecule has 2 bridgehead atoms. The molecule has 2 atom stereocenters. The minimum Gasteiger partial charge on any atom is -0.506 e. The first kappa shape index (κ1) is 43.2. The Morgan fingerprint density at radius 3 is 2.51 bits per heavy atom. The van der Waals surface area contributed by atoms with E-state index < -0.39 is 13.7 Å². The summed E-state index contributed by atoms with van der Waals surface area (Å²) in [5, 5.41) is 14.8. The van der Waals surface area contributed by atoms with Crippen molar-refractivity contribution in [3.63, 3.8) is 0 Å². The van der Waals surface area contributed by atoms with Gasteiger partial charge in [0.2, 0.25) is 5.56 Å². The van der Waals surface area contributed by atoms with Crippen molar-refractivity contribution in [2.24, 2.45) is 5.92 Å². The number of aromatic nitrogens is 2. The molecule has 3 aromatic carbocycles. The number of pyridine rings is 1. The second-order valence-corrected chi connectivity index (χ2v) is 24.2. The fraction of sp³-hybridized carbons (Fsp3) is 0.531. The molecule has 4 aliphatic rings. The normalized spacial score (nSPS) is 20.9. The Morgan fingerprint density at radius 2 is 1.77 bits per heavy atom. The molecule has 1 saturated carbocycles. The number of unbranched alkanes of at least 4 members (excludes halogenated alkanes) is 1. The van der Waals surface area contributed by atoms with Crippen LogP contribution >= 0.6 is 0 Å². The van der Waals surface area contributed by atoms with E-state index >= 15 is 0 Å². The number of nitrogens with zero attached hydrogens (tertiary/aromatic N) is 2. The summed E-state index contributed by atoms with van der Waals surface area (Å²) in [6.45, 7) is 15.7. The average Bonchev–Trinajstić information content (AvgIpc) is 3.56. The molecular formula is C49H64N4O7Si. The number of carbonyl (C=O) groups is 1. The lowest BCUT2D eigenvalue weighted by Gasteiger charge is -2.45. The number of nitrogens with one attached hydrogen (secondary N) is 2. The Balaban J connectivity index is 0.898. The molecule has 0 amide bonds. The largest absolute Gasteiger partial charge is 0.506 e. The Bertz CT molecular complexity index is 2470. The van der Waals surface area contributed by atoms with Crippen molar-refractivity contribution in [3.05, 3.63) is 110 Å². The van der Waals surface area contributed by atoms with Gasteiger partial charge in [-0.1, -0.05) is 76.4 Å². The van der Waals surface area contributed by atoms with Crippen molar-refractivity contribution in [1.29, 1.82) is 0 Å². The van der Waals surface area contributed by atoms with Crippen LogP contribution in [0.3, 0.4) is 0 Å². The number of rotatable bonds is 15. The van der Waals surface area contributed by atoms with Gasteiger partial charge in [-0.05, 0) is 129 Å². The number of aromatic amines is 1. The van der Waals surface area contributed by atoms with Crippen molar-refractivity contribution < 1.29 is 23.5 Å². The van der Waals surface area contributed by atoms with Crippen LogP contribution in [0, 0.1) is 5.92 Å². The zero-order valence-electron chi connectivity index (χ0n) is 36.7. The summed E-state index contributed by atoms with van der Waals surface area (Å²) in [7, 11) is -2.24. The second kappa shape index (κ2) is 17.7. The first-order chi connectivity index (χ1) is 29.2. The van der Waals surface area contributed by atoms with Gasteiger partial charge in [-0.25, -0.2) is 4.79 Å². The zero-order valence-corrected chi connectivity index (χ0v) is 37.7.